The van der Waals surface area contributed by atoms with Crippen molar-refractivity contribution in [2.45, 2.75) is 58.8 Å². The summed E-state index contributed by atoms with van der Waals surface area (Å²) in [6, 6.07) is 1.80. The Morgan fingerprint density at radius 2 is 2.12 bits per heavy atom. The third-order valence-electron chi connectivity index (χ3n) is 5.63. The number of allylic oxidation sites excluding steroid dienone is 2. The molecule has 2 aliphatic carbocycles. The van der Waals surface area contributed by atoms with Gasteiger partial charge in [-0.05, 0) is 48.5 Å². The van der Waals surface area contributed by atoms with Crippen LogP contribution in [0.25, 0.3) is 5.57 Å². The Morgan fingerprint density at radius 1 is 1.38 bits per heavy atom. The maximum atomic E-state index is 15.0. The highest BCUT2D eigenvalue weighted by Crippen LogP contribution is 2.58. The number of Topliss-reactive ketones (excluding diaryl/α,β-unsaturated/α-hetero) is 1. The van der Waals surface area contributed by atoms with E-state index in [1.165, 1.54) is 7.11 Å². The van der Waals surface area contributed by atoms with Gasteiger partial charge < -0.3 is 4.74 Å². The van der Waals surface area contributed by atoms with Gasteiger partial charge in [0, 0.05) is 17.4 Å². The maximum Gasteiger partial charge on any atom is 0.173 e. The van der Waals surface area contributed by atoms with Crippen LogP contribution in [0, 0.1) is 11.2 Å². The molecule has 0 amide bonds. The van der Waals surface area contributed by atoms with Gasteiger partial charge in [0.1, 0.15) is 0 Å². The maximum absolute atomic E-state index is 15.0. The Morgan fingerprint density at radius 3 is 2.75 bits per heavy atom. The van der Waals surface area contributed by atoms with Crippen molar-refractivity contribution in [1.29, 1.82) is 0 Å². The molecule has 0 bridgehead atoms. The second-order valence-electron chi connectivity index (χ2n) is 6.92. The van der Waals surface area contributed by atoms with E-state index in [1.807, 2.05) is 6.92 Å². The number of benzene rings is 1. The Kier molecular flexibility index (Phi) is 4.74. The van der Waals surface area contributed by atoms with E-state index in [0.717, 1.165) is 42.4 Å². The number of fused-ring (bicyclic) bond motifs is 3. The Bertz CT molecular complexity index is 723. The molecule has 0 saturated carbocycles. The molecular formula is C20H24ClFO2. The van der Waals surface area contributed by atoms with E-state index in [9.17, 15) is 9.18 Å². The molecule has 0 aromatic heterocycles. The summed E-state index contributed by atoms with van der Waals surface area (Å²) >= 11 is 6.25. The molecule has 1 aromatic carbocycles. The van der Waals surface area contributed by atoms with E-state index in [-0.39, 0.29) is 27.8 Å². The van der Waals surface area contributed by atoms with Gasteiger partial charge in [0.15, 0.2) is 17.3 Å². The summed E-state index contributed by atoms with van der Waals surface area (Å²) in [4.78, 5) is 12.5. The smallest absolute Gasteiger partial charge is 0.173 e. The lowest BCUT2D eigenvalue weighted by Crippen LogP contribution is -2.28. The topological polar surface area (TPSA) is 26.3 Å². The van der Waals surface area contributed by atoms with Crippen molar-refractivity contribution in [2.75, 3.05) is 7.11 Å². The normalized spacial score (nSPS) is 22.6. The van der Waals surface area contributed by atoms with Crippen LogP contribution in [0.2, 0.25) is 5.02 Å². The fraction of sp³-hybridized carbons (Fsp3) is 0.550. The zero-order valence-corrected chi connectivity index (χ0v) is 15.4. The fourth-order valence-corrected chi connectivity index (χ4v) is 4.77. The number of methoxy groups -OCH3 is 1. The molecule has 0 N–H and O–H groups in total. The first-order chi connectivity index (χ1) is 11.5. The van der Waals surface area contributed by atoms with Crippen molar-refractivity contribution in [3.63, 3.8) is 0 Å². The minimum atomic E-state index is -0.360. The number of carbonyl (C=O) groups excluding carboxylic acids is 1. The predicted molar refractivity (Wildman–Crippen MR) is 95.1 cm³/mol. The molecule has 0 saturated heterocycles. The molecule has 1 aromatic rings. The van der Waals surface area contributed by atoms with Crippen molar-refractivity contribution < 1.29 is 13.9 Å². The lowest BCUT2D eigenvalue weighted by molar-refractivity contribution is -0.116. The predicted octanol–water partition coefficient (Wildman–Crippen LogP) is 5.75. The van der Waals surface area contributed by atoms with Gasteiger partial charge in [-0.2, -0.15) is 0 Å². The molecule has 24 heavy (non-hydrogen) atoms. The highest BCUT2D eigenvalue weighted by molar-refractivity contribution is 6.32. The minimum absolute atomic E-state index is 0.115. The number of hydrogen-bond donors (Lipinski definition) is 0. The van der Waals surface area contributed by atoms with Crippen molar-refractivity contribution in [1.82, 2.24) is 0 Å². The van der Waals surface area contributed by atoms with E-state index in [2.05, 4.69) is 6.92 Å². The second-order valence-corrected chi connectivity index (χ2v) is 7.33. The van der Waals surface area contributed by atoms with Crippen molar-refractivity contribution >= 4 is 23.0 Å². The molecule has 4 heteroatoms. The van der Waals surface area contributed by atoms with E-state index in [1.54, 1.807) is 6.07 Å². The molecular weight excluding hydrogens is 327 g/mol. The monoisotopic (exact) mass is 350 g/mol. The number of ether oxygens (including phenoxy) is 1. The number of rotatable bonds is 5. The minimum Gasteiger partial charge on any atom is -0.492 e. The van der Waals surface area contributed by atoms with Crippen molar-refractivity contribution in [2.24, 2.45) is 5.41 Å². The fourth-order valence-electron chi connectivity index (χ4n) is 4.50. The van der Waals surface area contributed by atoms with Crippen LogP contribution < -0.4 is 4.74 Å². The van der Waals surface area contributed by atoms with Gasteiger partial charge in [-0.3, -0.25) is 4.79 Å². The van der Waals surface area contributed by atoms with Crippen LogP contribution in [-0.4, -0.2) is 12.9 Å². The first kappa shape index (κ1) is 17.5. The average molecular weight is 351 g/mol. The summed E-state index contributed by atoms with van der Waals surface area (Å²) in [5.41, 5.74) is 3.32. The van der Waals surface area contributed by atoms with Crippen LogP contribution in [0.15, 0.2) is 11.6 Å². The molecule has 1 unspecified atom stereocenters. The molecule has 130 valence electrons. The molecule has 0 aliphatic heterocycles. The zero-order valence-electron chi connectivity index (χ0n) is 14.6. The van der Waals surface area contributed by atoms with Gasteiger partial charge in [-0.25, -0.2) is 4.39 Å². The number of hydrogen-bond acceptors (Lipinski definition) is 2. The first-order valence-electron chi connectivity index (χ1n) is 8.81. The van der Waals surface area contributed by atoms with Gasteiger partial charge in [-0.15, -0.1) is 0 Å². The van der Waals surface area contributed by atoms with Crippen LogP contribution in [-0.2, 0) is 11.2 Å². The van der Waals surface area contributed by atoms with E-state index < -0.39 is 0 Å². The third-order valence-corrected chi connectivity index (χ3v) is 5.91. The molecule has 2 aliphatic rings. The Balaban J connectivity index is 2.26. The first-order valence-corrected chi connectivity index (χ1v) is 9.19. The lowest BCUT2D eigenvalue weighted by Gasteiger charge is -2.36. The molecule has 2 nitrogen and oxygen atoms in total. The molecule has 0 radical (unpaired) electrons. The molecule has 3 rings (SSSR count). The summed E-state index contributed by atoms with van der Waals surface area (Å²) in [5, 5.41) is 0.279. The van der Waals surface area contributed by atoms with E-state index in [0.29, 0.717) is 24.8 Å². The Labute approximate surface area is 148 Å². The highest BCUT2D eigenvalue weighted by Gasteiger charge is 2.47. The van der Waals surface area contributed by atoms with Crippen LogP contribution in [0.3, 0.4) is 0 Å². The number of unbranched alkanes of at least 4 members (excludes halogenated alkanes) is 1. The largest absolute Gasteiger partial charge is 0.492 e. The molecule has 0 fully saturated rings. The Hall–Kier alpha value is -1.35. The van der Waals surface area contributed by atoms with Crippen LogP contribution in [0.4, 0.5) is 4.39 Å². The quantitative estimate of drug-likeness (QED) is 0.676. The molecule has 0 spiro atoms. The highest BCUT2D eigenvalue weighted by atomic mass is 35.5. The summed E-state index contributed by atoms with van der Waals surface area (Å²) in [6.07, 6.45) is 5.86. The van der Waals surface area contributed by atoms with Gasteiger partial charge in [-0.1, -0.05) is 38.3 Å². The van der Waals surface area contributed by atoms with Crippen LogP contribution in [0.1, 0.15) is 63.5 Å². The molecule has 1 atom stereocenters. The molecule has 0 heterocycles. The number of halogens is 2. The van der Waals surface area contributed by atoms with Gasteiger partial charge in [0.05, 0.1) is 12.1 Å². The number of carbonyl (C=O) groups is 1. The summed E-state index contributed by atoms with van der Waals surface area (Å²) in [6.45, 7) is 4.17. The second kappa shape index (κ2) is 6.51. The zero-order chi connectivity index (χ0) is 17.5. The van der Waals surface area contributed by atoms with Crippen LogP contribution >= 0.6 is 11.6 Å². The van der Waals surface area contributed by atoms with Gasteiger partial charge in [0.25, 0.3) is 0 Å². The lowest BCUT2D eigenvalue weighted by atomic mass is 9.67. The third kappa shape index (κ3) is 2.48. The van der Waals surface area contributed by atoms with Crippen molar-refractivity contribution in [3.8, 4) is 5.75 Å². The number of ketones is 1. The summed E-state index contributed by atoms with van der Waals surface area (Å²) < 4.78 is 20.1. The summed E-state index contributed by atoms with van der Waals surface area (Å²) in [7, 11) is 1.44. The summed E-state index contributed by atoms with van der Waals surface area (Å²) in [5.74, 6) is -0.0369. The van der Waals surface area contributed by atoms with Gasteiger partial charge >= 0.3 is 0 Å². The van der Waals surface area contributed by atoms with E-state index in [4.69, 9.17) is 16.3 Å². The SMILES string of the molecule is CCCCC12CCC(=O)C(CC)=C1c1cc(Cl)c(OC)c(F)c1C2. The average Bonchev–Trinajstić information content (AvgIpc) is 2.89. The van der Waals surface area contributed by atoms with Crippen LogP contribution in [0.5, 0.6) is 5.75 Å². The van der Waals surface area contributed by atoms with E-state index >= 15 is 0 Å². The van der Waals surface area contributed by atoms with Gasteiger partial charge in [0.2, 0.25) is 0 Å². The standard InChI is InChI=1S/C20H24ClFO2/c1-4-6-8-20-9-7-16(23)12(5-2)17(20)13-10-15(21)19(24-3)18(22)14(13)11-20/h10H,4-9,11H2,1-3H3. The van der Waals surface area contributed by atoms with Crippen molar-refractivity contribution in [3.05, 3.63) is 33.6 Å².